The molecule has 1 saturated heterocycles. The number of carbonyl (C=O) groups excluding carboxylic acids is 4. The van der Waals surface area contributed by atoms with Crippen LogP contribution in [0.3, 0.4) is 0 Å². The van der Waals surface area contributed by atoms with Crippen LogP contribution in [0.15, 0.2) is 30.3 Å². The Kier molecular flexibility index (Phi) is 4.78. The third-order valence-electron chi connectivity index (χ3n) is 3.44. The van der Waals surface area contributed by atoms with Crippen molar-refractivity contribution in [3.05, 3.63) is 35.9 Å². The van der Waals surface area contributed by atoms with Gasteiger partial charge >= 0.3 is 12.0 Å². The number of carbonyl (C=O) groups is 4. The summed E-state index contributed by atoms with van der Waals surface area (Å²) in [5.74, 6) is -1.34. The van der Waals surface area contributed by atoms with E-state index in [0.717, 1.165) is 4.90 Å². The molecule has 1 fully saturated rings. The lowest BCUT2D eigenvalue weighted by atomic mass is 10.1. The maximum Gasteiger partial charge on any atom is 0.325 e. The fourth-order valence-electron chi connectivity index (χ4n) is 2.15. The van der Waals surface area contributed by atoms with Crippen LogP contribution in [0.5, 0.6) is 0 Å². The van der Waals surface area contributed by atoms with Gasteiger partial charge in [0.1, 0.15) is 5.54 Å². The molecule has 23 heavy (non-hydrogen) atoms. The van der Waals surface area contributed by atoms with E-state index in [1.54, 1.807) is 44.2 Å². The lowest BCUT2D eigenvalue weighted by Gasteiger charge is -2.15. The molecule has 1 aliphatic rings. The van der Waals surface area contributed by atoms with Crippen LogP contribution in [-0.4, -0.2) is 47.3 Å². The minimum absolute atomic E-state index is 0.0769. The van der Waals surface area contributed by atoms with Gasteiger partial charge in [-0.25, -0.2) is 4.79 Å². The van der Waals surface area contributed by atoms with Gasteiger partial charge in [0, 0.05) is 12.1 Å². The monoisotopic (exact) mass is 318 g/mol. The predicted octanol–water partition coefficient (Wildman–Crippen LogP) is 1.13. The van der Waals surface area contributed by atoms with Crippen LogP contribution in [0.25, 0.3) is 0 Å². The number of Topliss-reactive ketones (excluding diaryl/α,β-unsaturated/α-hetero) is 1. The maximum atomic E-state index is 11.9. The number of rotatable bonds is 6. The average Bonchev–Trinajstić information content (AvgIpc) is 2.72. The first-order valence-electron chi connectivity index (χ1n) is 7.19. The van der Waals surface area contributed by atoms with Crippen molar-refractivity contribution in [1.29, 1.82) is 0 Å². The molecule has 3 amide bonds. The molecule has 1 N–H and O–H groups in total. The molecule has 0 spiro atoms. The first-order valence-corrected chi connectivity index (χ1v) is 7.19. The minimum Gasteiger partial charge on any atom is -0.457 e. The van der Waals surface area contributed by atoms with Gasteiger partial charge in [-0.2, -0.15) is 0 Å². The van der Waals surface area contributed by atoms with Gasteiger partial charge < -0.3 is 10.1 Å². The number of hydrogen-bond donors (Lipinski definition) is 1. The second-order valence-electron chi connectivity index (χ2n) is 5.71. The highest BCUT2D eigenvalue weighted by Crippen LogP contribution is 2.16. The van der Waals surface area contributed by atoms with Crippen molar-refractivity contribution in [2.75, 3.05) is 13.2 Å². The van der Waals surface area contributed by atoms with E-state index in [1.165, 1.54) is 0 Å². The summed E-state index contributed by atoms with van der Waals surface area (Å²) in [4.78, 5) is 48.0. The summed E-state index contributed by atoms with van der Waals surface area (Å²) in [5.41, 5.74) is -0.513. The zero-order valence-electron chi connectivity index (χ0n) is 13.0. The molecule has 1 heterocycles. The number of ether oxygens (including phenoxy) is 1. The lowest BCUT2D eigenvalue weighted by molar-refractivity contribution is -0.143. The van der Waals surface area contributed by atoms with Crippen molar-refractivity contribution in [2.24, 2.45) is 0 Å². The molecule has 0 bridgehead atoms. The summed E-state index contributed by atoms with van der Waals surface area (Å²) >= 11 is 0. The summed E-state index contributed by atoms with van der Waals surface area (Å²) < 4.78 is 4.88. The van der Waals surface area contributed by atoms with Crippen molar-refractivity contribution in [3.63, 3.8) is 0 Å². The van der Waals surface area contributed by atoms with Gasteiger partial charge in [0.2, 0.25) is 0 Å². The van der Waals surface area contributed by atoms with Crippen molar-refractivity contribution in [1.82, 2.24) is 10.2 Å². The average molecular weight is 318 g/mol. The number of ketones is 1. The first kappa shape index (κ1) is 16.7. The molecule has 122 valence electrons. The Labute approximate surface area is 133 Å². The van der Waals surface area contributed by atoms with Crippen molar-refractivity contribution < 1.29 is 23.9 Å². The molecule has 0 radical (unpaired) electrons. The Morgan fingerprint density at radius 3 is 2.39 bits per heavy atom. The van der Waals surface area contributed by atoms with E-state index in [4.69, 9.17) is 4.74 Å². The molecule has 0 aliphatic carbocycles. The molecule has 7 heteroatoms. The standard InChI is InChI=1S/C16H18N2O5/c1-16(2)14(21)18(15(22)17-16)9-8-13(20)23-10-12(19)11-6-4-3-5-7-11/h3-7H,8-10H2,1-2H3,(H,17,22). The number of amides is 3. The quantitative estimate of drug-likeness (QED) is 0.482. The zero-order valence-corrected chi connectivity index (χ0v) is 13.0. The van der Waals surface area contributed by atoms with Gasteiger partial charge in [0.15, 0.2) is 12.4 Å². The molecule has 1 aliphatic heterocycles. The van der Waals surface area contributed by atoms with Crippen LogP contribution in [0.1, 0.15) is 30.6 Å². The second kappa shape index (κ2) is 6.60. The molecule has 1 aromatic rings. The normalized spacial score (nSPS) is 16.2. The SMILES string of the molecule is CC1(C)NC(=O)N(CCC(=O)OCC(=O)c2ccccc2)C1=O. The fourth-order valence-corrected chi connectivity index (χ4v) is 2.15. The molecule has 2 rings (SSSR count). The number of nitrogens with one attached hydrogen (secondary N) is 1. The first-order chi connectivity index (χ1) is 10.8. The number of urea groups is 1. The van der Waals surface area contributed by atoms with Crippen LogP contribution in [0, 0.1) is 0 Å². The van der Waals surface area contributed by atoms with E-state index in [2.05, 4.69) is 5.32 Å². The second-order valence-corrected chi connectivity index (χ2v) is 5.71. The number of nitrogens with zero attached hydrogens (tertiary/aromatic N) is 1. The third kappa shape index (κ3) is 3.94. The third-order valence-corrected chi connectivity index (χ3v) is 3.44. The Bertz CT molecular complexity index is 639. The topological polar surface area (TPSA) is 92.8 Å². The van der Waals surface area contributed by atoms with E-state index < -0.39 is 23.4 Å². The van der Waals surface area contributed by atoms with E-state index in [1.807, 2.05) is 0 Å². The highest BCUT2D eigenvalue weighted by molar-refractivity contribution is 6.06. The number of esters is 1. The van der Waals surface area contributed by atoms with Crippen LogP contribution in [0.4, 0.5) is 4.79 Å². The summed E-state index contributed by atoms with van der Waals surface area (Å²) in [5, 5.41) is 2.52. The number of hydrogen-bond acceptors (Lipinski definition) is 5. The Balaban J connectivity index is 1.79. The van der Waals surface area contributed by atoms with Crippen molar-refractivity contribution in [2.45, 2.75) is 25.8 Å². The van der Waals surface area contributed by atoms with Crippen LogP contribution in [-0.2, 0) is 14.3 Å². The predicted molar refractivity (Wildman–Crippen MR) is 80.7 cm³/mol. The Hall–Kier alpha value is -2.70. The van der Waals surface area contributed by atoms with E-state index in [9.17, 15) is 19.2 Å². The molecular weight excluding hydrogens is 300 g/mol. The van der Waals surface area contributed by atoms with Gasteiger partial charge in [-0.1, -0.05) is 30.3 Å². The Morgan fingerprint density at radius 1 is 1.17 bits per heavy atom. The highest BCUT2D eigenvalue weighted by atomic mass is 16.5. The summed E-state index contributed by atoms with van der Waals surface area (Å²) in [6.07, 6.45) is -0.155. The van der Waals surface area contributed by atoms with E-state index in [0.29, 0.717) is 5.56 Å². The molecule has 1 aromatic carbocycles. The summed E-state index contributed by atoms with van der Waals surface area (Å²) in [6.45, 7) is 2.73. The maximum absolute atomic E-state index is 11.9. The fraction of sp³-hybridized carbons (Fsp3) is 0.375. The molecular formula is C16H18N2O5. The number of imide groups is 1. The van der Waals surface area contributed by atoms with Gasteiger partial charge in [0.25, 0.3) is 5.91 Å². The molecule has 0 atom stereocenters. The number of benzene rings is 1. The smallest absolute Gasteiger partial charge is 0.325 e. The van der Waals surface area contributed by atoms with E-state index >= 15 is 0 Å². The molecule has 0 aromatic heterocycles. The van der Waals surface area contributed by atoms with Gasteiger partial charge in [-0.3, -0.25) is 19.3 Å². The van der Waals surface area contributed by atoms with Crippen LogP contribution >= 0.6 is 0 Å². The summed E-state index contributed by atoms with van der Waals surface area (Å²) in [7, 11) is 0. The highest BCUT2D eigenvalue weighted by Gasteiger charge is 2.44. The largest absolute Gasteiger partial charge is 0.457 e. The minimum atomic E-state index is -0.968. The van der Waals surface area contributed by atoms with Gasteiger partial charge in [-0.15, -0.1) is 0 Å². The molecule has 7 nitrogen and oxygen atoms in total. The molecule has 0 saturated carbocycles. The lowest BCUT2D eigenvalue weighted by Crippen LogP contribution is -2.40. The Morgan fingerprint density at radius 2 is 1.83 bits per heavy atom. The van der Waals surface area contributed by atoms with Crippen LogP contribution in [0.2, 0.25) is 0 Å². The van der Waals surface area contributed by atoms with E-state index in [-0.39, 0.29) is 25.4 Å². The molecule has 0 unspecified atom stereocenters. The van der Waals surface area contributed by atoms with Gasteiger partial charge in [-0.05, 0) is 13.8 Å². The van der Waals surface area contributed by atoms with Crippen LogP contribution < -0.4 is 5.32 Å². The van der Waals surface area contributed by atoms with Crippen molar-refractivity contribution in [3.8, 4) is 0 Å². The zero-order chi connectivity index (χ0) is 17.0. The summed E-state index contributed by atoms with van der Waals surface area (Å²) in [6, 6.07) is 7.94. The van der Waals surface area contributed by atoms with Crippen molar-refractivity contribution >= 4 is 23.7 Å². The van der Waals surface area contributed by atoms with Gasteiger partial charge in [0.05, 0.1) is 6.42 Å².